The van der Waals surface area contributed by atoms with Gasteiger partial charge in [-0.05, 0) is 25.1 Å². The molecule has 0 aliphatic rings. The van der Waals surface area contributed by atoms with Crippen molar-refractivity contribution >= 4 is 5.97 Å². The lowest BCUT2D eigenvalue weighted by atomic mass is 10.2. The first-order chi connectivity index (χ1) is 8.15. The molecule has 0 unspecified atom stereocenters. The van der Waals surface area contributed by atoms with Gasteiger partial charge < -0.3 is 9.84 Å². The molecule has 2 rings (SSSR count). The zero-order chi connectivity index (χ0) is 12.3. The number of hydrogen-bond donors (Lipinski definition) is 1. The van der Waals surface area contributed by atoms with Gasteiger partial charge in [-0.15, -0.1) is 0 Å². The highest BCUT2D eigenvalue weighted by atomic mass is 16.5. The number of hydrogen-bond acceptors (Lipinski definition) is 4. The number of rotatable bonds is 3. The SMILES string of the molecule is Cc1cc(C(=O)O)cc(Oc2cccnc2)n1. The van der Waals surface area contributed by atoms with E-state index in [1.165, 1.54) is 18.3 Å². The summed E-state index contributed by atoms with van der Waals surface area (Å²) < 4.78 is 5.41. The van der Waals surface area contributed by atoms with Crippen LogP contribution in [0.5, 0.6) is 11.6 Å². The standard InChI is InChI=1S/C12H10N2O3/c1-8-5-9(12(15)16)6-11(14-8)17-10-3-2-4-13-7-10/h2-7H,1H3,(H,15,16). The highest BCUT2D eigenvalue weighted by Gasteiger charge is 2.08. The molecule has 1 N–H and O–H groups in total. The van der Waals surface area contributed by atoms with Crippen molar-refractivity contribution in [2.75, 3.05) is 0 Å². The van der Waals surface area contributed by atoms with Crippen molar-refractivity contribution in [2.24, 2.45) is 0 Å². The van der Waals surface area contributed by atoms with E-state index in [-0.39, 0.29) is 11.4 Å². The summed E-state index contributed by atoms with van der Waals surface area (Å²) in [4.78, 5) is 18.9. The van der Waals surface area contributed by atoms with Gasteiger partial charge >= 0.3 is 5.97 Å². The molecule has 5 nitrogen and oxygen atoms in total. The summed E-state index contributed by atoms with van der Waals surface area (Å²) in [5.41, 5.74) is 0.736. The highest BCUT2D eigenvalue weighted by molar-refractivity contribution is 5.88. The molecule has 0 aliphatic heterocycles. The Hall–Kier alpha value is -2.43. The van der Waals surface area contributed by atoms with E-state index >= 15 is 0 Å². The average molecular weight is 230 g/mol. The summed E-state index contributed by atoms with van der Waals surface area (Å²) in [6.07, 6.45) is 3.16. The lowest BCUT2D eigenvalue weighted by molar-refractivity contribution is 0.0696. The van der Waals surface area contributed by atoms with E-state index in [1.54, 1.807) is 25.3 Å². The maximum atomic E-state index is 10.9. The first-order valence-corrected chi connectivity index (χ1v) is 4.95. The van der Waals surface area contributed by atoms with Crippen LogP contribution in [0.4, 0.5) is 0 Å². The van der Waals surface area contributed by atoms with E-state index in [2.05, 4.69) is 9.97 Å². The number of aryl methyl sites for hydroxylation is 1. The fraction of sp³-hybridized carbons (Fsp3) is 0.0833. The molecule has 0 aliphatic carbocycles. The molecule has 0 aromatic carbocycles. The molecular weight excluding hydrogens is 220 g/mol. The van der Waals surface area contributed by atoms with Gasteiger partial charge in [0.1, 0.15) is 5.75 Å². The predicted molar refractivity (Wildman–Crippen MR) is 60.2 cm³/mol. The predicted octanol–water partition coefficient (Wildman–Crippen LogP) is 2.28. The van der Waals surface area contributed by atoms with Crippen molar-refractivity contribution in [3.8, 4) is 11.6 Å². The van der Waals surface area contributed by atoms with Crippen molar-refractivity contribution < 1.29 is 14.6 Å². The third-order valence-corrected chi connectivity index (χ3v) is 2.03. The Bertz CT molecular complexity index is 541. The van der Waals surface area contributed by atoms with Gasteiger partial charge in [-0.1, -0.05) is 0 Å². The molecule has 0 radical (unpaired) electrons. The van der Waals surface area contributed by atoms with Crippen LogP contribution in [0.25, 0.3) is 0 Å². The topological polar surface area (TPSA) is 72.3 Å². The van der Waals surface area contributed by atoms with Crippen LogP contribution in [0.2, 0.25) is 0 Å². The van der Waals surface area contributed by atoms with Crippen LogP contribution in [0.3, 0.4) is 0 Å². The van der Waals surface area contributed by atoms with Gasteiger partial charge in [0, 0.05) is 18.0 Å². The fourth-order valence-electron chi connectivity index (χ4n) is 1.34. The molecule has 0 amide bonds. The molecule has 5 heteroatoms. The van der Waals surface area contributed by atoms with Crippen molar-refractivity contribution in [3.05, 3.63) is 47.9 Å². The zero-order valence-corrected chi connectivity index (χ0v) is 9.12. The lowest BCUT2D eigenvalue weighted by Gasteiger charge is -2.05. The molecule has 2 aromatic heterocycles. The minimum absolute atomic E-state index is 0.149. The number of pyridine rings is 2. The van der Waals surface area contributed by atoms with Crippen LogP contribution in [0.15, 0.2) is 36.7 Å². The van der Waals surface area contributed by atoms with E-state index in [1.807, 2.05) is 0 Å². The van der Waals surface area contributed by atoms with Crippen LogP contribution < -0.4 is 4.74 Å². The number of carbonyl (C=O) groups is 1. The molecule has 86 valence electrons. The van der Waals surface area contributed by atoms with Crippen LogP contribution in [-0.4, -0.2) is 21.0 Å². The second kappa shape index (κ2) is 4.61. The van der Waals surface area contributed by atoms with Gasteiger partial charge in [0.15, 0.2) is 0 Å². The Labute approximate surface area is 97.7 Å². The van der Waals surface area contributed by atoms with E-state index in [9.17, 15) is 4.79 Å². The Morgan fingerprint density at radius 2 is 2.24 bits per heavy atom. The number of carboxylic acid groups (broad SMARTS) is 1. The largest absolute Gasteiger partial charge is 0.478 e. The molecule has 0 fully saturated rings. The first-order valence-electron chi connectivity index (χ1n) is 4.95. The number of carboxylic acids is 1. The van der Waals surface area contributed by atoms with Gasteiger partial charge in [0.2, 0.25) is 5.88 Å². The summed E-state index contributed by atoms with van der Waals surface area (Å²) >= 11 is 0. The first kappa shape index (κ1) is 11.1. The van der Waals surface area contributed by atoms with Crippen molar-refractivity contribution in [2.45, 2.75) is 6.92 Å². The Kier molecular flexibility index (Phi) is 3.00. The summed E-state index contributed by atoms with van der Waals surface area (Å²) in [5.74, 6) is -0.246. The summed E-state index contributed by atoms with van der Waals surface area (Å²) in [6, 6.07) is 6.31. The van der Waals surface area contributed by atoms with Gasteiger partial charge in [0.05, 0.1) is 11.8 Å². The molecule has 2 aromatic rings. The zero-order valence-electron chi connectivity index (χ0n) is 9.12. The van der Waals surface area contributed by atoms with Gasteiger partial charge in [-0.25, -0.2) is 9.78 Å². The molecule has 0 saturated carbocycles. The fourth-order valence-corrected chi connectivity index (χ4v) is 1.34. The molecular formula is C12H10N2O3. The Morgan fingerprint density at radius 1 is 1.41 bits per heavy atom. The monoisotopic (exact) mass is 230 g/mol. The molecule has 17 heavy (non-hydrogen) atoms. The molecule has 0 bridgehead atoms. The minimum Gasteiger partial charge on any atom is -0.478 e. The maximum absolute atomic E-state index is 10.9. The third kappa shape index (κ3) is 2.78. The molecule has 2 heterocycles. The second-order valence-corrected chi connectivity index (χ2v) is 3.43. The van der Waals surface area contributed by atoms with Gasteiger partial charge in [0.25, 0.3) is 0 Å². The van der Waals surface area contributed by atoms with Crippen molar-refractivity contribution in [1.82, 2.24) is 9.97 Å². The summed E-state index contributed by atoms with van der Waals surface area (Å²) in [7, 11) is 0. The highest BCUT2D eigenvalue weighted by Crippen LogP contribution is 2.19. The molecule has 0 atom stereocenters. The molecule has 0 spiro atoms. The van der Waals surface area contributed by atoms with Crippen LogP contribution >= 0.6 is 0 Å². The second-order valence-electron chi connectivity index (χ2n) is 3.43. The smallest absolute Gasteiger partial charge is 0.335 e. The Morgan fingerprint density at radius 3 is 2.88 bits per heavy atom. The van der Waals surface area contributed by atoms with Crippen LogP contribution in [0.1, 0.15) is 16.1 Å². The average Bonchev–Trinajstić information content (AvgIpc) is 2.29. The van der Waals surface area contributed by atoms with Crippen LogP contribution in [-0.2, 0) is 0 Å². The van der Waals surface area contributed by atoms with Crippen LogP contribution in [0, 0.1) is 6.92 Å². The van der Waals surface area contributed by atoms with E-state index in [4.69, 9.17) is 9.84 Å². The summed E-state index contributed by atoms with van der Waals surface area (Å²) in [6.45, 7) is 1.71. The minimum atomic E-state index is -1.01. The summed E-state index contributed by atoms with van der Waals surface area (Å²) in [5, 5.41) is 8.90. The number of aromatic carboxylic acids is 1. The van der Waals surface area contributed by atoms with E-state index in [0.29, 0.717) is 11.4 Å². The Balaban J connectivity index is 2.30. The quantitative estimate of drug-likeness (QED) is 0.875. The van der Waals surface area contributed by atoms with E-state index < -0.39 is 5.97 Å². The molecule has 0 saturated heterocycles. The number of nitrogens with zero attached hydrogens (tertiary/aromatic N) is 2. The van der Waals surface area contributed by atoms with Crippen molar-refractivity contribution in [1.29, 1.82) is 0 Å². The van der Waals surface area contributed by atoms with Gasteiger partial charge in [-0.3, -0.25) is 4.98 Å². The van der Waals surface area contributed by atoms with Gasteiger partial charge in [-0.2, -0.15) is 0 Å². The van der Waals surface area contributed by atoms with E-state index in [0.717, 1.165) is 0 Å². The lowest BCUT2D eigenvalue weighted by Crippen LogP contribution is -1.99. The maximum Gasteiger partial charge on any atom is 0.335 e. The normalized spacial score (nSPS) is 9.94. The van der Waals surface area contributed by atoms with Crippen molar-refractivity contribution in [3.63, 3.8) is 0 Å². The number of ether oxygens (including phenoxy) is 1. The number of aromatic nitrogens is 2. The third-order valence-electron chi connectivity index (χ3n) is 2.03.